The highest BCUT2D eigenvalue weighted by molar-refractivity contribution is 6.33. The van der Waals surface area contributed by atoms with Crippen LogP contribution in [-0.4, -0.2) is 53.3 Å². The lowest BCUT2D eigenvalue weighted by Gasteiger charge is -2.35. The number of ether oxygens (including phenoxy) is 1. The molecule has 1 saturated heterocycles. The number of rotatable bonds is 4. The minimum Gasteiger partial charge on any atom is -0.389 e. The number of carbonyl (C=O) groups excluding carboxylic acids is 2. The summed E-state index contributed by atoms with van der Waals surface area (Å²) in [6.07, 6.45) is -5.40. The van der Waals surface area contributed by atoms with Gasteiger partial charge in [-0.25, -0.2) is 4.79 Å². The van der Waals surface area contributed by atoms with Gasteiger partial charge in [-0.05, 0) is 42.8 Å². The van der Waals surface area contributed by atoms with E-state index in [0.29, 0.717) is 29.6 Å². The van der Waals surface area contributed by atoms with E-state index in [-0.39, 0.29) is 24.5 Å². The molecule has 0 unspecified atom stereocenters. The number of amides is 2. The first-order chi connectivity index (χ1) is 17.1. The molecule has 2 heterocycles. The van der Waals surface area contributed by atoms with Crippen molar-refractivity contribution in [2.75, 3.05) is 36.4 Å². The Morgan fingerprint density at radius 2 is 1.72 bits per heavy atom. The van der Waals surface area contributed by atoms with Crippen LogP contribution in [0.15, 0.2) is 54.6 Å². The molecule has 0 aliphatic carbocycles. The molecule has 36 heavy (non-hydrogen) atoms. The molecule has 188 valence electrons. The fraction of sp³-hybridized carbons (Fsp3) is 0.250. The number of nitrogens with zero attached hydrogens (tertiary/aromatic N) is 4. The molecule has 1 N–H and O–H groups in total. The Morgan fingerprint density at radius 1 is 1.00 bits per heavy atom. The van der Waals surface area contributed by atoms with Crippen LogP contribution in [0.25, 0.3) is 0 Å². The Labute approximate surface area is 209 Å². The number of alkyl halides is 3. The zero-order valence-electron chi connectivity index (χ0n) is 19.1. The van der Waals surface area contributed by atoms with E-state index in [1.807, 2.05) is 11.8 Å². The molecule has 0 bridgehead atoms. The van der Waals surface area contributed by atoms with Gasteiger partial charge in [0.1, 0.15) is 0 Å². The number of aromatic nitrogens is 2. The molecule has 1 fully saturated rings. The molecular weight excluding hydrogens is 499 g/mol. The number of hydrogen-bond acceptors (Lipinski definition) is 6. The van der Waals surface area contributed by atoms with E-state index in [9.17, 15) is 22.8 Å². The normalized spacial score (nSPS) is 13.9. The summed E-state index contributed by atoms with van der Waals surface area (Å²) in [5.41, 5.74) is -0.0145. The fourth-order valence-corrected chi connectivity index (χ4v) is 3.89. The molecule has 2 amide bonds. The van der Waals surface area contributed by atoms with Gasteiger partial charge in [0.2, 0.25) is 5.88 Å². The van der Waals surface area contributed by atoms with Gasteiger partial charge in [-0.15, -0.1) is 10.2 Å². The first-order valence-electron chi connectivity index (χ1n) is 10.9. The summed E-state index contributed by atoms with van der Waals surface area (Å²) >= 11 is 6.06. The monoisotopic (exact) mass is 519 g/mol. The minimum absolute atomic E-state index is 0.0300. The summed E-state index contributed by atoms with van der Waals surface area (Å²) in [5, 5.41) is 10.9. The first kappa shape index (κ1) is 25.2. The average Bonchev–Trinajstić information content (AvgIpc) is 2.86. The third kappa shape index (κ3) is 5.85. The van der Waals surface area contributed by atoms with E-state index < -0.39 is 23.7 Å². The number of hydrogen-bond donors (Lipinski definition) is 1. The highest BCUT2D eigenvalue weighted by Gasteiger charge is 2.36. The van der Waals surface area contributed by atoms with Crippen LogP contribution in [0.2, 0.25) is 5.02 Å². The zero-order valence-corrected chi connectivity index (χ0v) is 19.8. The maximum absolute atomic E-state index is 13.3. The predicted octanol–water partition coefficient (Wildman–Crippen LogP) is 5.03. The molecule has 2 aromatic carbocycles. The van der Waals surface area contributed by atoms with Crippen LogP contribution in [0.3, 0.4) is 0 Å². The van der Waals surface area contributed by atoms with Crippen molar-refractivity contribution < 1.29 is 27.5 Å². The van der Waals surface area contributed by atoms with Crippen molar-refractivity contribution in [1.82, 2.24) is 15.1 Å². The van der Waals surface area contributed by atoms with Crippen LogP contribution in [0.1, 0.15) is 21.5 Å². The minimum atomic E-state index is -4.61. The SMILES string of the molecule is Cc1ccc(Cl)c(NC(=O)Oc2ccc(N3CCN(C(=O)c4ccccc4C(F)(F)F)CC3)nn2)c1. The Morgan fingerprint density at radius 3 is 2.39 bits per heavy atom. The summed E-state index contributed by atoms with van der Waals surface area (Å²) in [4.78, 5) is 28.1. The molecule has 12 heteroatoms. The van der Waals surface area contributed by atoms with Crippen molar-refractivity contribution in [3.63, 3.8) is 0 Å². The lowest BCUT2D eigenvalue weighted by Crippen LogP contribution is -2.49. The van der Waals surface area contributed by atoms with Gasteiger partial charge in [0.15, 0.2) is 5.82 Å². The van der Waals surface area contributed by atoms with E-state index in [1.54, 1.807) is 24.3 Å². The molecule has 0 spiro atoms. The zero-order chi connectivity index (χ0) is 25.9. The van der Waals surface area contributed by atoms with Crippen LogP contribution in [0, 0.1) is 6.92 Å². The third-order valence-electron chi connectivity index (χ3n) is 5.54. The molecule has 1 aliphatic rings. The highest BCUT2D eigenvalue weighted by atomic mass is 35.5. The summed E-state index contributed by atoms with van der Waals surface area (Å²) in [6, 6.07) is 13.0. The molecule has 3 aromatic rings. The number of nitrogens with one attached hydrogen (secondary N) is 1. The van der Waals surface area contributed by atoms with Crippen molar-refractivity contribution in [2.24, 2.45) is 0 Å². The van der Waals surface area contributed by atoms with Gasteiger partial charge in [-0.3, -0.25) is 10.1 Å². The van der Waals surface area contributed by atoms with Gasteiger partial charge in [-0.1, -0.05) is 29.8 Å². The average molecular weight is 520 g/mol. The Hall–Kier alpha value is -3.86. The second kappa shape index (κ2) is 10.4. The quantitative estimate of drug-likeness (QED) is 0.520. The maximum Gasteiger partial charge on any atom is 0.418 e. The second-order valence-corrected chi connectivity index (χ2v) is 8.46. The number of carbonyl (C=O) groups is 2. The number of anilines is 2. The lowest BCUT2D eigenvalue weighted by molar-refractivity contribution is -0.138. The van der Waals surface area contributed by atoms with Crippen molar-refractivity contribution in [1.29, 1.82) is 0 Å². The Kier molecular flexibility index (Phi) is 7.30. The van der Waals surface area contributed by atoms with Crippen LogP contribution in [-0.2, 0) is 6.18 Å². The molecule has 0 saturated carbocycles. The summed E-state index contributed by atoms with van der Waals surface area (Å²) < 4.78 is 45.0. The van der Waals surface area contributed by atoms with Crippen molar-refractivity contribution in [3.05, 3.63) is 76.3 Å². The van der Waals surface area contributed by atoms with Crippen molar-refractivity contribution >= 4 is 35.1 Å². The van der Waals surface area contributed by atoms with E-state index >= 15 is 0 Å². The maximum atomic E-state index is 13.3. The first-order valence-corrected chi connectivity index (χ1v) is 11.3. The van der Waals surface area contributed by atoms with Gasteiger partial charge in [-0.2, -0.15) is 13.2 Å². The number of aryl methyl sites for hydroxylation is 1. The summed E-state index contributed by atoms with van der Waals surface area (Å²) in [5.74, 6) is -0.220. The largest absolute Gasteiger partial charge is 0.418 e. The second-order valence-electron chi connectivity index (χ2n) is 8.05. The van der Waals surface area contributed by atoms with Gasteiger partial charge < -0.3 is 14.5 Å². The van der Waals surface area contributed by atoms with Crippen molar-refractivity contribution in [2.45, 2.75) is 13.1 Å². The standard InChI is InChI=1S/C24H21ClF3N5O3/c1-15-6-7-18(25)19(14-15)29-23(35)36-21-9-8-20(30-31-21)32-10-12-33(13-11-32)22(34)16-4-2-3-5-17(16)24(26,27)28/h2-9,14H,10-13H2,1H3,(H,29,35). The number of halogens is 4. The molecule has 0 radical (unpaired) electrons. The summed E-state index contributed by atoms with van der Waals surface area (Å²) in [7, 11) is 0. The third-order valence-corrected chi connectivity index (χ3v) is 5.87. The topological polar surface area (TPSA) is 87.7 Å². The Bertz CT molecular complexity index is 1260. The van der Waals surface area contributed by atoms with E-state index in [2.05, 4.69) is 15.5 Å². The smallest absolute Gasteiger partial charge is 0.389 e. The van der Waals surface area contributed by atoms with Crippen LogP contribution in [0.4, 0.5) is 29.5 Å². The number of benzene rings is 2. The molecular formula is C24H21ClF3N5O3. The van der Waals surface area contributed by atoms with Gasteiger partial charge >= 0.3 is 12.3 Å². The van der Waals surface area contributed by atoms with Gasteiger partial charge in [0, 0.05) is 32.2 Å². The fourth-order valence-electron chi connectivity index (χ4n) is 3.73. The van der Waals surface area contributed by atoms with Gasteiger partial charge in [0.05, 0.1) is 21.8 Å². The van der Waals surface area contributed by atoms with Crippen LogP contribution in [0.5, 0.6) is 5.88 Å². The highest BCUT2D eigenvalue weighted by Crippen LogP contribution is 2.32. The van der Waals surface area contributed by atoms with E-state index in [1.165, 1.54) is 29.2 Å². The predicted molar refractivity (Wildman–Crippen MR) is 127 cm³/mol. The molecule has 8 nitrogen and oxygen atoms in total. The molecule has 0 atom stereocenters. The molecule has 4 rings (SSSR count). The Balaban J connectivity index is 1.34. The van der Waals surface area contributed by atoms with E-state index in [4.69, 9.17) is 16.3 Å². The number of piperazine rings is 1. The van der Waals surface area contributed by atoms with Gasteiger partial charge in [0.25, 0.3) is 5.91 Å². The van der Waals surface area contributed by atoms with Crippen LogP contribution >= 0.6 is 11.6 Å². The van der Waals surface area contributed by atoms with E-state index in [0.717, 1.165) is 11.6 Å². The molecule has 1 aliphatic heterocycles. The van der Waals surface area contributed by atoms with Crippen LogP contribution < -0.4 is 15.0 Å². The summed E-state index contributed by atoms with van der Waals surface area (Å²) in [6.45, 7) is 2.98. The lowest BCUT2D eigenvalue weighted by atomic mass is 10.1. The van der Waals surface area contributed by atoms with Crippen molar-refractivity contribution in [3.8, 4) is 5.88 Å². The molecule has 1 aromatic heterocycles.